The summed E-state index contributed by atoms with van der Waals surface area (Å²) in [5.41, 5.74) is 6.99. The molecule has 72 valence electrons. The van der Waals surface area contributed by atoms with E-state index in [2.05, 4.69) is 4.99 Å². The minimum atomic E-state index is 0.577. The maximum absolute atomic E-state index is 9.33. The van der Waals surface area contributed by atoms with E-state index in [0.29, 0.717) is 18.6 Å². The van der Waals surface area contributed by atoms with Crippen LogP contribution in [0.15, 0.2) is 23.3 Å². The molecular weight excluding hydrogens is 166 g/mol. The molecule has 0 aliphatic carbocycles. The Hall–Kier alpha value is -1.29. The molecule has 4 heteroatoms. The van der Waals surface area contributed by atoms with Crippen molar-refractivity contribution in [3.8, 4) is 0 Å². The van der Waals surface area contributed by atoms with Crippen LogP contribution in [0.3, 0.4) is 0 Å². The van der Waals surface area contributed by atoms with Gasteiger partial charge in [0.2, 0.25) is 0 Å². The van der Waals surface area contributed by atoms with E-state index in [4.69, 9.17) is 5.73 Å². The van der Waals surface area contributed by atoms with E-state index in [1.807, 2.05) is 19.1 Å². The Kier molecular flexibility index (Phi) is 3.52. The molecule has 0 saturated heterocycles. The van der Waals surface area contributed by atoms with Gasteiger partial charge >= 0.3 is 0 Å². The summed E-state index contributed by atoms with van der Waals surface area (Å²) in [6, 6.07) is 3.65. The summed E-state index contributed by atoms with van der Waals surface area (Å²) < 4.78 is 1.02. The normalized spacial score (nSPS) is 12.0. The van der Waals surface area contributed by atoms with Crippen LogP contribution in [0.4, 0.5) is 0 Å². The lowest BCUT2D eigenvalue weighted by Crippen LogP contribution is -2.19. The van der Waals surface area contributed by atoms with Gasteiger partial charge in [-0.05, 0) is 37.6 Å². The number of hydrogen-bond acceptors (Lipinski definition) is 3. The monoisotopic (exact) mass is 181 g/mol. The van der Waals surface area contributed by atoms with Gasteiger partial charge in [0, 0.05) is 12.7 Å². The number of aromatic nitrogens is 1. The summed E-state index contributed by atoms with van der Waals surface area (Å²) in [7, 11) is 0. The fraction of sp³-hybridized carbons (Fsp3) is 0.444. The molecule has 1 heterocycles. The predicted molar refractivity (Wildman–Crippen MR) is 50.5 cm³/mol. The first-order valence-corrected chi connectivity index (χ1v) is 4.33. The van der Waals surface area contributed by atoms with Crippen LogP contribution in [0, 0.1) is 6.92 Å². The molecule has 4 nitrogen and oxygen atoms in total. The summed E-state index contributed by atoms with van der Waals surface area (Å²) in [6.07, 6.45) is 2.42. The topological polar surface area (TPSA) is 63.5 Å². The summed E-state index contributed by atoms with van der Waals surface area (Å²) in [6.45, 7) is 3.24. The molecule has 0 fully saturated rings. The van der Waals surface area contributed by atoms with Crippen LogP contribution in [0.5, 0.6) is 0 Å². The Morgan fingerprint density at radius 1 is 1.62 bits per heavy atom. The maximum atomic E-state index is 9.33. The Balaban J connectivity index is 2.85. The molecule has 0 saturated carbocycles. The number of pyridine rings is 1. The van der Waals surface area contributed by atoms with Crippen molar-refractivity contribution in [2.24, 2.45) is 10.7 Å². The van der Waals surface area contributed by atoms with Crippen molar-refractivity contribution in [1.29, 1.82) is 0 Å². The highest BCUT2D eigenvalue weighted by Crippen LogP contribution is 1.88. The number of rotatable bonds is 3. The first-order valence-electron chi connectivity index (χ1n) is 4.33. The van der Waals surface area contributed by atoms with Gasteiger partial charge in [0.25, 0.3) is 0 Å². The lowest BCUT2D eigenvalue weighted by molar-refractivity contribution is 0.171. The van der Waals surface area contributed by atoms with Crippen molar-refractivity contribution in [1.82, 2.24) is 4.73 Å². The highest BCUT2D eigenvalue weighted by molar-refractivity contribution is 5.06. The molecule has 1 aromatic heterocycles. The second-order valence-corrected chi connectivity index (χ2v) is 2.93. The molecule has 0 radical (unpaired) electrons. The van der Waals surface area contributed by atoms with Crippen LogP contribution in [0.25, 0.3) is 0 Å². The Morgan fingerprint density at radius 2 is 2.38 bits per heavy atom. The molecule has 0 bridgehead atoms. The minimum Gasteiger partial charge on any atom is -0.427 e. The Labute approximate surface area is 77.3 Å². The predicted octanol–water partition coefficient (Wildman–Crippen LogP) is 0.283. The first-order chi connectivity index (χ1) is 6.24. The van der Waals surface area contributed by atoms with E-state index < -0.39 is 0 Å². The Morgan fingerprint density at radius 3 is 3.08 bits per heavy atom. The van der Waals surface area contributed by atoms with Crippen LogP contribution in [-0.4, -0.2) is 23.0 Å². The number of nitrogens with two attached hydrogens (primary N) is 1. The zero-order valence-corrected chi connectivity index (χ0v) is 7.77. The van der Waals surface area contributed by atoms with Crippen molar-refractivity contribution < 1.29 is 5.21 Å². The maximum Gasteiger partial charge on any atom is 0.163 e. The van der Waals surface area contributed by atoms with Crippen LogP contribution in [0.2, 0.25) is 0 Å². The first kappa shape index (κ1) is 9.80. The minimum absolute atomic E-state index is 0.577. The second kappa shape index (κ2) is 4.67. The summed E-state index contributed by atoms with van der Waals surface area (Å²) in [5.74, 6) is 0. The average Bonchev–Trinajstić information content (AvgIpc) is 2.11. The van der Waals surface area contributed by atoms with Crippen LogP contribution in [0.1, 0.15) is 12.0 Å². The Bertz CT molecular complexity index is 330. The third kappa shape index (κ3) is 2.91. The lowest BCUT2D eigenvalue weighted by Gasteiger charge is -1.99. The quantitative estimate of drug-likeness (QED) is 0.520. The zero-order chi connectivity index (χ0) is 9.68. The van der Waals surface area contributed by atoms with Gasteiger partial charge in [-0.2, -0.15) is 4.73 Å². The lowest BCUT2D eigenvalue weighted by atomic mass is 10.3. The van der Waals surface area contributed by atoms with Crippen molar-refractivity contribution in [2.45, 2.75) is 13.3 Å². The van der Waals surface area contributed by atoms with E-state index in [1.165, 1.54) is 0 Å². The van der Waals surface area contributed by atoms with Crippen LogP contribution < -0.4 is 11.2 Å². The van der Waals surface area contributed by atoms with E-state index in [9.17, 15) is 5.21 Å². The molecule has 0 unspecified atom stereocenters. The molecule has 13 heavy (non-hydrogen) atoms. The summed E-state index contributed by atoms with van der Waals surface area (Å²) >= 11 is 0. The van der Waals surface area contributed by atoms with Crippen molar-refractivity contribution in [2.75, 3.05) is 13.1 Å². The van der Waals surface area contributed by atoms with Gasteiger partial charge in [0.05, 0.1) is 0 Å². The third-order valence-electron chi connectivity index (χ3n) is 1.71. The van der Waals surface area contributed by atoms with Crippen molar-refractivity contribution in [3.63, 3.8) is 0 Å². The highest BCUT2D eigenvalue weighted by atomic mass is 16.5. The molecule has 0 atom stereocenters. The van der Waals surface area contributed by atoms with E-state index in [1.54, 1.807) is 6.20 Å². The fourth-order valence-corrected chi connectivity index (χ4v) is 0.985. The summed E-state index contributed by atoms with van der Waals surface area (Å²) in [5, 5.41) is 9.33. The fourth-order valence-electron chi connectivity index (χ4n) is 0.985. The van der Waals surface area contributed by atoms with Gasteiger partial charge in [-0.25, -0.2) is 0 Å². The van der Waals surface area contributed by atoms with Gasteiger partial charge in [-0.1, -0.05) is 0 Å². The zero-order valence-electron chi connectivity index (χ0n) is 7.77. The average molecular weight is 181 g/mol. The molecular formula is C9H15N3O. The van der Waals surface area contributed by atoms with Crippen molar-refractivity contribution in [3.05, 3.63) is 29.4 Å². The second-order valence-electron chi connectivity index (χ2n) is 2.93. The number of aryl methyl sites for hydroxylation is 1. The molecule has 0 aromatic carbocycles. The molecule has 0 spiro atoms. The van der Waals surface area contributed by atoms with Gasteiger partial charge in [0.1, 0.15) is 0 Å². The summed E-state index contributed by atoms with van der Waals surface area (Å²) in [4.78, 5) is 4.19. The van der Waals surface area contributed by atoms with E-state index >= 15 is 0 Å². The van der Waals surface area contributed by atoms with Crippen molar-refractivity contribution >= 4 is 0 Å². The third-order valence-corrected chi connectivity index (χ3v) is 1.71. The van der Waals surface area contributed by atoms with Gasteiger partial charge < -0.3 is 10.9 Å². The largest absolute Gasteiger partial charge is 0.427 e. The molecule has 0 amide bonds. The van der Waals surface area contributed by atoms with Gasteiger partial charge in [0.15, 0.2) is 5.49 Å². The molecule has 0 aliphatic rings. The van der Waals surface area contributed by atoms with Crippen LogP contribution >= 0.6 is 0 Å². The standard InChI is InChI=1S/C9H15N3O/c1-8-3-6-12(13)9(7-8)11-5-2-4-10/h3,6-7,13H,2,4-5,10H2,1H3. The van der Waals surface area contributed by atoms with Gasteiger partial charge in [-0.15, -0.1) is 0 Å². The molecule has 0 aliphatic heterocycles. The van der Waals surface area contributed by atoms with E-state index in [0.717, 1.165) is 16.7 Å². The number of nitrogens with zero attached hydrogens (tertiary/aromatic N) is 2. The van der Waals surface area contributed by atoms with E-state index in [-0.39, 0.29) is 0 Å². The SMILES string of the molecule is Cc1ccn(O)c(=NCCCN)c1. The number of hydrogen-bond donors (Lipinski definition) is 2. The molecule has 3 N–H and O–H groups in total. The molecule has 1 rings (SSSR count). The smallest absolute Gasteiger partial charge is 0.163 e. The van der Waals surface area contributed by atoms with Gasteiger partial charge in [-0.3, -0.25) is 4.99 Å². The highest BCUT2D eigenvalue weighted by Gasteiger charge is 1.89. The molecule has 1 aromatic rings. The van der Waals surface area contributed by atoms with Crippen LogP contribution in [-0.2, 0) is 0 Å².